The molecule has 1 fully saturated rings. The Labute approximate surface area is 121 Å². The molecule has 1 atom stereocenters. The first-order chi connectivity index (χ1) is 7.90. The predicted octanol–water partition coefficient (Wildman–Crippen LogP) is 3.25. The Balaban J connectivity index is 2.48. The number of likely N-dealkylation sites (tertiary alicyclic amines) is 1. The molecule has 1 saturated heterocycles. The largest absolute Gasteiger partial charge is 0.304 e. The van der Waals surface area contributed by atoms with Gasteiger partial charge >= 0.3 is 0 Å². The fraction of sp³-hybridized carbons (Fsp3) is 1.00. The molecular weight excluding hydrogens is 323 g/mol. The van der Waals surface area contributed by atoms with Crippen LogP contribution in [0.3, 0.4) is 0 Å². The smallest absolute Gasteiger partial charge is 0.00652 e. The lowest BCUT2D eigenvalue weighted by Gasteiger charge is -2.31. The molecule has 0 saturated carbocycles. The van der Waals surface area contributed by atoms with E-state index in [9.17, 15) is 0 Å². The summed E-state index contributed by atoms with van der Waals surface area (Å²) in [6, 6.07) is 1.38. The average molecular weight is 352 g/mol. The summed E-state index contributed by atoms with van der Waals surface area (Å²) >= 11 is 2.59. The third kappa shape index (κ3) is 4.35. The quantitative estimate of drug-likeness (QED) is 0.535. The first-order valence-electron chi connectivity index (χ1n) is 6.90. The second-order valence-corrected chi connectivity index (χ2v) is 7.04. The minimum Gasteiger partial charge on any atom is -0.304 e. The Hall–Kier alpha value is 0.650. The number of halogens is 1. The first-order valence-corrected chi connectivity index (χ1v) is 8.43. The van der Waals surface area contributed by atoms with Crippen LogP contribution in [-0.4, -0.2) is 53.0 Å². The zero-order valence-electron chi connectivity index (χ0n) is 12.2. The van der Waals surface area contributed by atoms with Crippen LogP contribution in [0.5, 0.6) is 0 Å². The third-order valence-corrected chi connectivity index (χ3v) is 5.98. The van der Waals surface area contributed by atoms with Crippen molar-refractivity contribution in [1.29, 1.82) is 0 Å². The lowest BCUT2D eigenvalue weighted by molar-refractivity contribution is 0.194. The van der Waals surface area contributed by atoms with Gasteiger partial charge in [-0.05, 0) is 66.1 Å². The average Bonchev–Trinajstić information content (AvgIpc) is 2.71. The van der Waals surface area contributed by atoms with Crippen molar-refractivity contribution in [3.63, 3.8) is 0 Å². The summed E-state index contributed by atoms with van der Waals surface area (Å²) in [5.41, 5.74) is 0.577. The molecule has 0 aromatic carbocycles. The molecule has 0 radical (unpaired) electrons. The summed E-state index contributed by atoms with van der Waals surface area (Å²) in [4.78, 5) is 5.13. The van der Waals surface area contributed by atoms with Crippen LogP contribution in [0.2, 0.25) is 0 Å². The van der Waals surface area contributed by atoms with E-state index in [-0.39, 0.29) is 0 Å². The number of rotatable bonds is 6. The van der Waals surface area contributed by atoms with E-state index in [1.54, 1.807) is 0 Å². The van der Waals surface area contributed by atoms with Crippen molar-refractivity contribution in [2.45, 2.75) is 52.6 Å². The summed E-state index contributed by atoms with van der Waals surface area (Å²) in [5.74, 6) is 0. The highest BCUT2D eigenvalue weighted by Gasteiger charge is 2.37. The number of hydrogen-bond donors (Lipinski definition) is 0. The maximum Gasteiger partial charge on any atom is 0.00652 e. The molecule has 0 N–H and O–H groups in total. The molecule has 0 aromatic heterocycles. The monoisotopic (exact) mass is 352 g/mol. The highest BCUT2D eigenvalue weighted by molar-refractivity contribution is 14.1. The van der Waals surface area contributed by atoms with Crippen LogP contribution in [0.25, 0.3) is 0 Å². The molecule has 1 rings (SSSR count). The predicted molar refractivity (Wildman–Crippen MR) is 85.0 cm³/mol. The number of hydrogen-bond acceptors (Lipinski definition) is 2. The zero-order valence-corrected chi connectivity index (χ0v) is 14.3. The van der Waals surface area contributed by atoms with Crippen molar-refractivity contribution in [2.24, 2.45) is 5.41 Å². The Morgan fingerprint density at radius 1 is 1.29 bits per heavy atom. The van der Waals surface area contributed by atoms with Gasteiger partial charge in [0.15, 0.2) is 0 Å². The van der Waals surface area contributed by atoms with Crippen LogP contribution < -0.4 is 0 Å². The van der Waals surface area contributed by atoms with Crippen molar-refractivity contribution < 1.29 is 0 Å². The van der Waals surface area contributed by atoms with E-state index in [0.29, 0.717) is 17.5 Å². The van der Waals surface area contributed by atoms with Gasteiger partial charge in [-0.3, -0.25) is 0 Å². The molecule has 102 valence electrons. The fourth-order valence-electron chi connectivity index (χ4n) is 2.46. The molecule has 0 spiro atoms. The molecule has 17 heavy (non-hydrogen) atoms. The summed E-state index contributed by atoms with van der Waals surface area (Å²) in [5, 5.41) is 0. The highest BCUT2D eigenvalue weighted by atomic mass is 127. The second-order valence-electron chi connectivity index (χ2n) is 6.27. The second kappa shape index (κ2) is 6.71. The van der Waals surface area contributed by atoms with Gasteiger partial charge in [0, 0.05) is 23.1 Å². The molecule has 0 aliphatic carbocycles. The van der Waals surface area contributed by atoms with Gasteiger partial charge in [-0.25, -0.2) is 0 Å². The molecule has 1 heterocycles. The van der Waals surface area contributed by atoms with Gasteiger partial charge < -0.3 is 9.80 Å². The Morgan fingerprint density at radius 2 is 1.94 bits per heavy atom. The van der Waals surface area contributed by atoms with Crippen LogP contribution in [0.15, 0.2) is 0 Å². The Morgan fingerprint density at radius 3 is 2.35 bits per heavy atom. The zero-order chi connectivity index (χ0) is 13.1. The summed E-state index contributed by atoms with van der Waals surface area (Å²) in [6.07, 6.45) is 2.74. The van der Waals surface area contributed by atoms with Gasteiger partial charge in [-0.15, -0.1) is 0 Å². The van der Waals surface area contributed by atoms with Crippen molar-refractivity contribution >= 4 is 22.6 Å². The molecule has 1 unspecified atom stereocenters. The van der Waals surface area contributed by atoms with Gasteiger partial charge in [0.1, 0.15) is 0 Å². The van der Waals surface area contributed by atoms with Gasteiger partial charge in [0.25, 0.3) is 0 Å². The maximum atomic E-state index is 2.65. The van der Waals surface area contributed by atoms with Crippen LogP contribution >= 0.6 is 22.6 Å². The van der Waals surface area contributed by atoms with Crippen LogP contribution in [0.4, 0.5) is 0 Å². The van der Waals surface area contributed by atoms with E-state index >= 15 is 0 Å². The standard InChI is InChI=1S/C14H29IN2/c1-12(2)16(5)8-6-14(10-15)7-9-17(11-14)13(3)4/h12-13H,6-11H2,1-5H3. The lowest BCUT2D eigenvalue weighted by Crippen LogP contribution is -2.36. The minimum atomic E-state index is 0.577. The summed E-state index contributed by atoms with van der Waals surface area (Å²) in [6.45, 7) is 13.1. The number of nitrogens with zero attached hydrogens (tertiary/aromatic N) is 2. The van der Waals surface area contributed by atoms with Crippen molar-refractivity contribution in [3.8, 4) is 0 Å². The van der Waals surface area contributed by atoms with Gasteiger partial charge in [0.2, 0.25) is 0 Å². The fourth-order valence-corrected chi connectivity index (χ4v) is 3.47. The topological polar surface area (TPSA) is 6.48 Å². The molecule has 1 aliphatic rings. The van der Waals surface area contributed by atoms with Crippen molar-refractivity contribution in [2.75, 3.05) is 31.1 Å². The van der Waals surface area contributed by atoms with E-state index in [2.05, 4.69) is 67.1 Å². The Bertz CT molecular complexity index is 230. The highest BCUT2D eigenvalue weighted by Crippen LogP contribution is 2.37. The first kappa shape index (κ1) is 15.7. The van der Waals surface area contributed by atoms with Gasteiger partial charge in [-0.1, -0.05) is 22.6 Å². The third-order valence-electron chi connectivity index (χ3n) is 4.36. The van der Waals surface area contributed by atoms with Crippen molar-refractivity contribution in [3.05, 3.63) is 0 Å². The summed E-state index contributed by atoms with van der Waals surface area (Å²) < 4.78 is 1.31. The van der Waals surface area contributed by atoms with Gasteiger partial charge in [0.05, 0.1) is 0 Å². The van der Waals surface area contributed by atoms with E-state index in [0.717, 1.165) is 0 Å². The minimum absolute atomic E-state index is 0.577. The SMILES string of the molecule is CC(C)N(C)CCC1(CI)CCN(C(C)C)C1. The number of alkyl halides is 1. The van der Waals surface area contributed by atoms with Crippen LogP contribution in [0.1, 0.15) is 40.5 Å². The van der Waals surface area contributed by atoms with E-state index < -0.39 is 0 Å². The van der Waals surface area contributed by atoms with Crippen LogP contribution in [-0.2, 0) is 0 Å². The van der Waals surface area contributed by atoms with E-state index in [1.165, 1.54) is 36.9 Å². The summed E-state index contributed by atoms with van der Waals surface area (Å²) in [7, 11) is 2.25. The van der Waals surface area contributed by atoms with E-state index in [4.69, 9.17) is 0 Å². The molecule has 1 aliphatic heterocycles. The maximum absolute atomic E-state index is 2.65. The van der Waals surface area contributed by atoms with Crippen molar-refractivity contribution in [1.82, 2.24) is 9.80 Å². The van der Waals surface area contributed by atoms with Crippen LogP contribution in [0, 0.1) is 5.41 Å². The Kier molecular flexibility index (Phi) is 6.20. The molecular formula is C14H29IN2. The van der Waals surface area contributed by atoms with Gasteiger partial charge in [-0.2, -0.15) is 0 Å². The lowest BCUT2D eigenvalue weighted by atomic mass is 9.85. The molecule has 0 amide bonds. The molecule has 0 aromatic rings. The van der Waals surface area contributed by atoms with E-state index in [1.807, 2.05) is 0 Å². The molecule has 2 nitrogen and oxygen atoms in total. The molecule has 3 heteroatoms. The molecule has 0 bridgehead atoms. The normalized spacial score (nSPS) is 26.6.